The molecule has 1 aromatic carbocycles. The molecule has 3 heteroatoms. The highest BCUT2D eigenvalue weighted by Gasteiger charge is 2.44. The summed E-state index contributed by atoms with van der Waals surface area (Å²) in [6, 6.07) is 6.39. The summed E-state index contributed by atoms with van der Waals surface area (Å²) in [7, 11) is 1.38. The van der Waals surface area contributed by atoms with E-state index in [-0.39, 0.29) is 23.6 Å². The fraction of sp³-hybridized carbons (Fsp3) is 0.364. The van der Waals surface area contributed by atoms with Crippen LogP contribution >= 0.6 is 0 Å². The molecule has 2 rings (SSSR count). The Kier molecular flexibility index (Phi) is 2.23. The standard InChI is InChI=1S/C11H11FO2/c1-14-11(13)10-6-9(10)7-3-2-4-8(12)5-7/h2-5,9-10H,6H2,1H3. The van der Waals surface area contributed by atoms with Gasteiger partial charge in [0, 0.05) is 0 Å². The number of halogens is 1. The lowest BCUT2D eigenvalue weighted by Gasteiger charge is -1.99. The van der Waals surface area contributed by atoms with Gasteiger partial charge in [0.2, 0.25) is 0 Å². The summed E-state index contributed by atoms with van der Waals surface area (Å²) in [5.74, 6) is -0.364. The highest BCUT2D eigenvalue weighted by Crippen LogP contribution is 2.48. The van der Waals surface area contributed by atoms with Crippen LogP contribution in [0.3, 0.4) is 0 Å². The molecule has 2 unspecified atom stereocenters. The number of benzene rings is 1. The van der Waals surface area contributed by atoms with E-state index in [2.05, 4.69) is 4.74 Å². The van der Waals surface area contributed by atoms with Gasteiger partial charge in [-0.05, 0) is 30.0 Å². The van der Waals surface area contributed by atoms with E-state index in [1.165, 1.54) is 19.2 Å². The smallest absolute Gasteiger partial charge is 0.309 e. The van der Waals surface area contributed by atoms with Crippen LogP contribution in [0.5, 0.6) is 0 Å². The molecule has 14 heavy (non-hydrogen) atoms. The molecule has 1 saturated carbocycles. The summed E-state index contributed by atoms with van der Waals surface area (Å²) in [6.07, 6.45) is 0.774. The highest BCUT2D eigenvalue weighted by molar-refractivity contribution is 5.77. The molecule has 0 spiro atoms. The van der Waals surface area contributed by atoms with Gasteiger partial charge in [-0.3, -0.25) is 4.79 Å². The lowest BCUT2D eigenvalue weighted by molar-refractivity contribution is -0.142. The summed E-state index contributed by atoms with van der Waals surface area (Å²) in [5, 5.41) is 0. The van der Waals surface area contributed by atoms with Crippen molar-refractivity contribution in [2.75, 3.05) is 7.11 Å². The van der Waals surface area contributed by atoms with Gasteiger partial charge >= 0.3 is 5.97 Å². The van der Waals surface area contributed by atoms with Crippen molar-refractivity contribution in [1.82, 2.24) is 0 Å². The number of carbonyl (C=O) groups excluding carboxylic acids is 1. The zero-order valence-electron chi connectivity index (χ0n) is 7.87. The second kappa shape index (κ2) is 3.40. The number of rotatable bonds is 2. The Morgan fingerprint density at radius 1 is 1.57 bits per heavy atom. The maximum absolute atomic E-state index is 12.8. The molecule has 1 aromatic rings. The zero-order valence-corrected chi connectivity index (χ0v) is 7.87. The maximum atomic E-state index is 12.8. The van der Waals surface area contributed by atoms with Crippen LogP contribution in [0, 0.1) is 11.7 Å². The van der Waals surface area contributed by atoms with Crippen LogP contribution in [0.1, 0.15) is 17.9 Å². The fourth-order valence-electron chi connectivity index (χ4n) is 1.71. The highest BCUT2D eigenvalue weighted by atomic mass is 19.1. The van der Waals surface area contributed by atoms with Gasteiger partial charge in [-0.15, -0.1) is 0 Å². The number of hydrogen-bond donors (Lipinski definition) is 0. The Bertz CT molecular complexity index is 362. The molecule has 2 nitrogen and oxygen atoms in total. The van der Waals surface area contributed by atoms with E-state index >= 15 is 0 Å². The molecule has 0 aromatic heterocycles. The third-order valence-electron chi connectivity index (χ3n) is 2.57. The monoisotopic (exact) mass is 194 g/mol. The normalized spacial score (nSPS) is 24.4. The summed E-state index contributed by atoms with van der Waals surface area (Å²) >= 11 is 0. The fourth-order valence-corrected chi connectivity index (χ4v) is 1.71. The van der Waals surface area contributed by atoms with Crippen molar-refractivity contribution in [2.45, 2.75) is 12.3 Å². The van der Waals surface area contributed by atoms with Crippen LogP contribution in [-0.4, -0.2) is 13.1 Å². The molecule has 0 radical (unpaired) electrons. The van der Waals surface area contributed by atoms with Gasteiger partial charge in [0.15, 0.2) is 0 Å². The molecule has 0 saturated heterocycles. The Balaban J connectivity index is 2.09. The van der Waals surface area contributed by atoms with Gasteiger partial charge in [0.1, 0.15) is 5.82 Å². The number of methoxy groups -OCH3 is 1. The van der Waals surface area contributed by atoms with Crippen molar-refractivity contribution < 1.29 is 13.9 Å². The molecular formula is C11H11FO2. The van der Waals surface area contributed by atoms with Crippen LogP contribution in [-0.2, 0) is 9.53 Å². The van der Waals surface area contributed by atoms with Crippen molar-refractivity contribution >= 4 is 5.97 Å². The quantitative estimate of drug-likeness (QED) is 0.674. The van der Waals surface area contributed by atoms with Crippen LogP contribution in [0.15, 0.2) is 24.3 Å². The Morgan fingerprint density at radius 3 is 3.00 bits per heavy atom. The Morgan fingerprint density at radius 2 is 2.36 bits per heavy atom. The minimum Gasteiger partial charge on any atom is -0.469 e. The first kappa shape index (κ1) is 9.19. The SMILES string of the molecule is COC(=O)C1CC1c1cccc(F)c1. The lowest BCUT2D eigenvalue weighted by Crippen LogP contribution is -2.03. The van der Waals surface area contributed by atoms with Crippen molar-refractivity contribution in [3.8, 4) is 0 Å². The molecule has 1 aliphatic carbocycles. The van der Waals surface area contributed by atoms with Crippen molar-refractivity contribution in [2.24, 2.45) is 5.92 Å². The Hall–Kier alpha value is -1.38. The van der Waals surface area contributed by atoms with E-state index in [1.54, 1.807) is 6.07 Å². The second-order valence-corrected chi connectivity index (χ2v) is 3.53. The van der Waals surface area contributed by atoms with Gasteiger partial charge in [0.05, 0.1) is 13.0 Å². The van der Waals surface area contributed by atoms with Crippen molar-refractivity contribution in [3.63, 3.8) is 0 Å². The molecule has 0 N–H and O–H groups in total. The third kappa shape index (κ3) is 1.62. The molecule has 1 fully saturated rings. The van der Waals surface area contributed by atoms with Crippen LogP contribution < -0.4 is 0 Å². The largest absolute Gasteiger partial charge is 0.469 e. The number of hydrogen-bond acceptors (Lipinski definition) is 2. The van der Waals surface area contributed by atoms with E-state index in [0.29, 0.717) is 0 Å². The lowest BCUT2D eigenvalue weighted by atomic mass is 10.1. The molecule has 0 heterocycles. The first-order chi connectivity index (χ1) is 6.72. The van der Waals surface area contributed by atoms with E-state index in [1.807, 2.05) is 6.07 Å². The molecule has 74 valence electrons. The number of ether oxygens (including phenoxy) is 1. The van der Waals surface area contributed by atoms with E-state index in [0.717, 1.165) is 12.0 Å². The molecule has 1 aliphatic rings. The minimum atomic E-state index is -0.252. The molecule has 0 aliphatic heterocycles. The van der Waals surface area contributed by atoms with E-state index in [4.69, 9.17) is 0 Å². The van der Waals surface area contributed by atoms with Crippen LogP contribution in [0.2, 0.25) is 0 Å². The third-order valence-corrected chi connectivity index (χ3v) is 2.57. The average molecular weight is 194 g/mol. The zero-order chi connectivity index (χ0) is 10.1. The van der Waals surface area contributed by atoms with Crippen molar-refractivity contribution in [3.05, 3.63) is 35.6 Å². The second-order valence-electron chi connectivity index (χ2n) is 3.53. The summed E-state index contributed by atoms with van der Waals surface area (Å²) in [6.45, 7) is 0. The van der Waals surface area contributed by atoms with Crippen LogP contribution in [0.4, 0.5) is 4.39 Å². The molecular weight excluding hydrogens is 183 g/mol. The maximum Gasteiger partial charge on any atom is 0.309 e. The van der Waals surface area contributed by atoms with Gasteiger partial charge in [-0.2, -0.15) is 0 Å². The van der Waals surface area contributed by atoms with E-state index < -0.39 is 0 Å². The Labute approximate surface area is 81.7 Å². The van der Waals surface area contributed by atoms with Gasteiger partial charge in [0.25, 0.3) is 0 Å². The van der Waals surface area contributed by atoms with Gasteiger partial charge in [-0.25, -0.2) is 4.39 Å². The molecule has 0 bridgehead atoms. The predicted octanol–water partition coefficient (Wildman–Crippen LogP) is 2.10. The molecule has 2 atom stereocenters. The topological polar surface area (TPSA) is 26.3 Å². The first-order valence-electron chi connectivity index (χ1n) is 4.55. The minimum absolute atomic E-state index is 0.0678. The average Bonchev–Trinajstić information content (AvgIpc) is 2.96. The number of esters is 1. The van der Waals surface area contributed by atoms with Gasteiger partial charge in [-0.1, -0.05) is 12.1 Å². The molecule has 0 amide bonds. The summed E-state index contributed by atoms with van der Waals surface area (Å²) in [4.78, 5) is 11.1. The van der Waals surface area contributed by atoms with Gasteiger partial charge < -0.3 is 4.74 Å². The predicted molar refractivity (Wildman–Crippen MR) is 49.3 cm³/mol. The van der Waals surface area contributed by atoms with Crippen molar-refractivity contribution in [1.29, 1.82) is 0 Å². The first-order valence-corrected chi connectivity index (χ1v) is 4.55. The van der Waals surface area contributed by atoms with Crippen LogP contribution in [0.25, 0.3) is 0 Å². The summed E-state index contributed by atoms with van der Waals surface area (Å²) < 4.78 is 17.5. The summed E-state index contributed by atoms with van der Waals surface area (Å²) in [5.41, 5.74) is 0.889. The number of carbonyl (C=O) groups is 1. The van der Waals surface area contributed by atoms with E-state index in [9.17, 15) is 9.18 Å².